The van der Waals surface area contributed by atoms with Crippen molar-refractivity contribution in [1.29, 1.82) is 0 Å². The van der Waals surface area contributed by atoms with Gasteiger partial charge in [-0.05, 0) is 50.5 Å². The quantitative estimate of drug-likeness (QED) is 0.604. The number of rotatable bonds is 4. The molecule has 1 saturated heterocycles. The monoisotopic (exact) mass is 423 g/mol. The molecule has 1 aliphatic heterocycles. The van der Waals surface area contributed by atoms with Crippen molar-refractivity contribution in [3.05, 3.63) is 58.6 Å². The second-order valence-corrected chi connectivity index (χ2v) is 9.12. The van der Waals surface area contributed by atoms with E-state index in [0.717, 1.165) is 47.6 Å². The number of benzene rings is 2. The van der Waals surface area contributed by atoms with E-state index in [9.17, 15) is 9.59 Å². The van der Waals surface area contributed by atoms with E-state index in [1.165, 1.54) is 9.60 Å². The van der Waals surface area contributed by atoms with E-state index in [1.54, 1.807) is 11.3 Å². The predicted molar refractivity (Wildman–Crippen MR) is 120 cm³/mol. The highest BCUT2D eigenvalue weighted by Crippen LogP contribution is 2.30. The van der Waals surface area contributed by atoms with E-state index < -0.39 is 6.03 Å². The molecule has 2 aromatic carbocycles. The van der Waals surface area contributed by atoms with E-state index in [-0.39, 0.29) is 5.91 Å². The minimum atomic E-state index is -0.480. The molecular weight excluding hydrogens is 396 g/mol. The Morgan fingerprint density at radius 1 is 1.20 bits per heavy atom. The Bertz CT molecular complexity index is 1050. The molecule has 2 atom stereocenters. The second kappa shape index (κ2) is 8.93. The third kappa shape index (κ3) is 4.86. The highest BCUT2D eigenvalue weighted by molar-refractivity contribution is 7.18. The lowest BCUT2D eigenvalue weighted by Crippen LogP contribution is -3.14. The van der Waals surface area contributed by atoms with E-state index in [2.05, 4.69) is 16.7 Å². The molecule has 3 N–H and O–H groups in total. The van der Waals surface area contributed by atoms with Crippen LogP contribution in [0.1, 0.15) is 34.9 Å². The Kier molecular flexibility index (Phi) is 6.11. The number of urea groups is 1. The van der Waals surface area contributed by atoms with E-state index >= 15 is 0 Å². The van der Waals surface area contributed by atoms with Crippen molar-refractivity contribution in [2.45, 2.75) is 32.6 Å². The average Bonchev–Trinajstić information content (AvgIpc) is 3.14. The number of fused-ring (bicyclic) bond motifs is 1. The van der Waals surface area contributed by atoms with Gasteiger partial charge < -0.3 is 10.2 Å². The van der Waals surface area contributed by atoms with E-state index in [4.69, 9.17) is 4.98 Å². The number of aryl methyl sites for hydroxylation is 2. The maximum Gasteiger partial charge on any atom is 0.326 e. The van der Waals surface area contributed by atoms with Gasteiger partial charge in [-0.25, -0.2) is 9.78 Å². The van der Waals surface area contributed by atoms with Crippen LogP contribution in [0.3, 0.4) is 0 Å². The summed E-state index contributed by atoms with van der Waals surface area (Å²) >= 11 is 1.75. The van der Waals surface area contributed by atoms with Crippen LogP contribution in [0.25, 0.3) is 10.2 Å². The van der Waals surface area contributed by atoms with Gasteiger partial charge in [0, 0.05) is 5.69 Å². The molecule has 4 rings (SSSR count). The predicted octanol–water partition coefficient (Wildman–Crippen LogP) is 3.02. The fourth-order valence-corrected chi connectivity index (χ4v) is 5.19. The van der Waals surface area contributed by atoms with Crippen molar-refractivity contribution in [2.75, 3.05) is 25.0 Å². The first-order chi connectivity index (χ1) is 14.5. The molecule has 156 valence electrons. The van der Waals surface area contributed by atoms with Crippen molar-refractivity contribution in [3.8, 4) is 0 Å². The Hall–Kier alpha value is -2.77. The summed E-state index contributed by atoms with van der Waals surface area (Å²) in [5.74, 6) is 0.111. The number of quaternary nitrogens is 1. The number of carbonyl (C=O) groups is 2. The number of aromatic nitrogens is 1. The van der Waals surface area contributed by atoms with E-state index in [0.29, 0.717) is 18.2 Å². The van der Waals surface area contributed by atoms with Crippen molar-refractivity contribution < 1.29 is 14.5 Å². The maximum atomic E-state index is 12.4. The molecule has 30 heavy (non-hydrogen) atoms. The zero-order valence-corrected chi connectivity index (χ0v) is 18.1. The van der Waals surface area contributed by atoms with Crippen LogP contribution in [0.15, 0.2) is 42.5 Å². The maximum absolute atomic E-state index is 12.4. The van der Waals surface area contributed by atoms with Gasteiger partial charge in [0.2, 0.25) is 0 Å². The summed E-state index contributed by atoms with van der Waals surface area (Å²) in [6.45, 7) is 6.04. The number of likely N-dealkylation sites (tertiary alicyclic amines) is 1. The van der Waals surface area contributed by atoms with Crippen LogP contribution in [-0.2, 0) is 4.79 Å². The Morgan fingerprint density at radius 3 is 2.83 bits per heavy atom. The fraction of sp³-hybridized carbons (Fsp3) is 0.348. The smallest absolute Gasteiger partial charge is 0.326 e. The van der Waals surface area contributed by atoms with Gasteiger partial charge in [0.15, 0.2) is 6.54 Å². The van der Waals surface area contributed by atoms with Crippen LogP contribution in [-0.4, -0.2) is 36.6 Å². The van der Waals surface area contributed by atoms with Gasteiger partial charge in [0.05, 0.1) is 29.2 Å². The number of hydrogen-bond acceptors (Lipinski definition) is 4. The fourth-order valence-electron chi connectivity index (χ4n) is 4.09. The summed E-state index contributed by atoms with van der Waals surface area (Å²) in [7, 11) is 0. The Balaban J connectivity index is 1.32. The van der Waals surface area contributed by atoms with Crippen LogP contribution < -0.4 is 15.5 Å². The summed E-state index contributed by atoms with van der Waals surface area (Å²) in [5.41, 5.74) is 3.86. The standard InChI is InChI=1S/C23H26N4O2S/c1-15-9-10-18(16(2)12-15)25-23(29)26-21(28)14-27-11-5-6-17(13-27)22-24-19-7-3-4-8-20(19)30-22/h3-4,7-10,12,17H,5-6,11,13-14H2,1-2H3,(H2,25,26,28,29)/p+1/t17-/m0/s1. The summed E-state index contributed by atoms with van der Waals surface area (Å²) in [6.07, 6.45) is 2.15. The number of nitrogens with zero attached hydrogens (tertiary/aromatic N) is 1. The molecule has 1 unspecified atom stereocenters. The SMILES string of the molecule is Cc1ccc(NC(=O)NC(=O)C[NH+]2CCC[C@H](c3nc4ccccc4s3)C2)c(C)c1. The summed E-state index contributed by atoms with van der Waals surface area (Å²) < 4.78 is 1.21. The van der Waals surface area contributed by atoms with Gasteiger partial charge in [-0.3, -0.25) is 10.1 Å². The number of para-hydroxylation sites is 1. The third-order valence-corrected chi connectivity index (χ3v) is 6.77. The average molecular weight is 424 g/mol. The number of imide groups is 1. The molecule has 2 heterocycles. The molecule has 0 radical (unpaired) electrons. The Labute approximate surface area is 180 Å². The first kappa shape index (κ1) is 20.5. The topological polar surface area (TPSA) is 75.5 Å². The first-order valence-electron chi connectivity index (χ1n) is 10.3. The summed E-state index contributed by atoms with van der Waals surface area (Å²) in [6, 6.07) is 13.5. The summed E-state index contributed by atoms with van der Waals surface area (Å²) in [5, 5.41) is 6.39. The van der Waals surface area contributed by atoms with Gasteiger partial charge >= 0.3 is 6.03 Å². The molecule has 0 aliphatic carbocycles. The van der Waals surface area contributed by atoms with Crippen molar-refractivity contribution in [1.82, 2.24) is 10.3 Å². The molecule has 1 fully saturated rings. The molecule has 0 bridgehead atoms. The lowest BCUT2D eigenvalue weighted by atomic mass is 9.99. The molecular formula is C23H27N4O2S+. The lowest BCUT2D eigenvalue weighted by Gasteiger charge is -2.28. The van der Waals surface area contributed by atoms with Gasteiger partial charge in [-0.1, -0.05) is 29.8 Å². The van der Waals surface area contributed by atoms with Gasteiger partial charge in [0.25, 0.3) is 5.91 Å². The first-order valence-corrected chi connectivity index (χ1v) is 11.2. The molecule has 6 nitrogen and oxygen atoms in total. The second-order valence-electron chi connectivity index (χ2n) is 8.06. The number of piperidine rings is 1. The summed E-state index contributed by atoms with van der Waals surface area (Å²) in [4.78, 5) is 30.7. The van der Waals surface area contributed by atoms with Crippen molar-refractivity contribution in [2.24, 2.45) is 0 Å². The molecule has 3 aromatic rings. The molecule has 3 amide bonds. The van der Waals surface area contributed by atoms with E-state index in [1.807, 2.05) is 50.2 Å². The highest BCUT2D eigenvalue weighted by Gasteiger charge is 2.28. The number of hydrogen-bond donors (Lipinski definition) is 3. The van der Waals surface area contributed by atoms with Gasteiger partial charge in [0.1, 0.15) is 5.01 Å². The van der Waals surface area contributed by atoms with Crippen molar-refractivity contribution in [3.63, 3.8) is 0 Å². The molecule has 1 aliphatic rings. The van der Waals surface area contributed by atoms with Crippen LogP contribution in [0, 0.1) is 13.8 Å². The molecule has 0 saturated carbocycles. The number of anilines is 1. The zero-order chi connectivity index (χ0) is 21.1. The van der Waals surface area contributed by atoms with Crippen LogP contribution in [0.2, 0.25) is 0 Å². The number of amides is 3. The normalized spacial score (nSPS) is 18.9. The zero-order valence-electron chi connectivity index (χ0n) is 17.3. The minimum absolute atomic E-state index is 0.253. The lowest BCUT2D eigenvalue weighted by molar-refractivity contribution is -0.898. The van der Waals surface area contributed by atoms with Crippen LogP contribution in [0.4, 0.5) is 10.5 Å². The van der Waals surface area contributed by atoms with Crippen molar-refractivity contribution >= 4 is 39.2 Å². The number of carbonyl (C=O) groups excluding carboxylic acids is 2. The Morgan fingerprint density at radius 2 is 2.03 bits per heavy atom. The van der Waals surface area contributed by atoms with Gasteiger partial charge in [-0.15, -0.1) is 11.3 Å². The molecule has 0 spiro atoms. The van der Waals surface area contributed by atoms with Crippen LogP contribution >= 0.6 is 11.3 Å². The minimum Gasteiger partial charge on any atom is -0.327 e. The molecule has 7 heteroatoms. The molecule has 1 aromatic heterocycles. The van der Waals surface area contributed by atoms with Crippen LogP contribution in [0.5, 0.6) is 0 Å². The third-order valence-electron chi connectivity index (χ3n) is 5.57. The highest BCUT2D eigenvalue weighted by atomic mass is 32.1. The largest absolute Gasteiger partial charge is 0.327 e. The number of nitrogens with one attached hydrogen (secondary N) is 3. The van der Waals surface area contributed by atoms with Gasteiger partial charge in [-0.2, -0.15) is 0 Å². The number of thiazole rings is 1.